The van der Waals surface area contributed by atoms with Gasteiger partial charge in [-0.1, -0.05) is 129 Å². The van der Waals surface area contributed by atoms with E-state index >= 15 is 0 Å². The topological polar surface area (TPSA) is 52.6 Å². The Morgan fingerprint density at radius 1 is 0.469 bits per heavy atom. The second kappa shape index (κ2) is 23.1. The largest absolute Gasteiger partial charge is 0.469 e. The van der Waals surface area contributed by atoms with Gasteiger partial charge in [-0.15, -0.1) is 0 Å². The summed E-state index contributed by atoms with van der Waals surface area (Å²) in [5.41, 5.74) is 0. The Bertz CT molecular complexity index is 395. The molecule has 0 saturated carbocycles. The third-order valence-electron chi connectivity index (χ3n) is 6.73. The van der Waals surface area contributed by atoms with Crippen molar-refractivity contribution in [2.24, 2.45) is 11.8 Å². The van der Waals surface area contributed by atoms with Crippen LogP contribution in [0.2, 0.25) is 0 Å². The second-order valence-corrected chi connectivity index (χ2v) is 9.49. The minimum Gasteiger partial charge on any atom is -0.469 e. The Kier molecular flexibility index (Phi) is 22.3. The first-order chi connectivity index (χ1) is 15.6. The number of ether oxygens (including phenoxy) is 2. The molecule has 0 fully saturated rings. The number of hydrogen-bond donors (Lipinski definition) is 0. The fourth-order valence-corrected chi connectivity index (χ4v) is 4.62. The van der Waals surface area contributed by atoms with Crippen LogP contribution in [0.3, 0.4) is 0 Å². The molecule has 0 aliphatic heterocycles. The molecule has 2 unspecified atom stereocenters. The Morgan fingerprint density at radius 2 is 0.719 bits per heavy atom. The summed E-state index contributed by atoms with van der Waals surface area (Å²) in [6.45, 7) is 4.49. The summed E-state index contributed by atoms with van der Waals surface area (Å²) in [6.07, 6.45) is 23.8. The molecule has 0 aromatic rings. The molecular weight excluding hydrogens is 400 g/mol. The van der Waals surface area contributed by atoms with Crippen LogP contribution in [0, 0.1) is 11.8 Å². The molecule has 0 radical (unpaired) electrons. The number of hydrogen-bond acceptors (Lipinski definition) is 4. The smallest absolute Gasteiger partial charge is 0.309 e. The summed E-state index contributed by atoms with van der Waals surface area (Å²) in [4.78, 5) is 24.9. The van der Waals surface area contributed by atoms with Crippen LogP contribution in [0.25, 0.3) is 0 Å². The average Bonchev–Trinajstić information content (AvgIpc) is 2.81. The van der Waals surface area contributed by atoms with Crippen molar-refractivity contribution in [1.29, 1.82) is 0 Å². The van der Waals surface area contributed by atoms with Gasteiger partial charge in [-0.3, -0.25) is 9.59 Å². The van der Waals surface area contributed by atoms with Gasteiger partial charge in [-0.2, -0.15) is 0 Å². The van der Waals surface area contributed by atoms with Gasteiger partial charge in [-0.25, -0.2) is 0 Å². The quantitative estimate of drug-likeness (QED) is 0.115. The van der Waals surface area contributed by atoms with Crippen molar-refractivity contribution in [1.82, 2.24) is 0 Å². The molecule has 32 heavy (non-hydrogen) atoms. The monoisotopic (exact) mass is 454 g/mol. The molecule has 0 rings (SSSR count). The molecule has 0 aromatic carbocycles. The standard InChI is InChI=1S/C28H54O4/c1-5-7-9-11-13-15-17-19-21-23-25(27(29)31-3)26(28(30)32-4)24-22-20-18-16-14-12-10-8-6-2/h25-26H,5-24H2,1-4H3. The van der Waals surface area contributed by atoms with Crippen molar-refractivity contribution >= 4 is 11.9 Å². The number of carbonyl (C=O) groups is 2. The Labute approximate surface area is 199 Å². The summed E-state index contributed by atoms with van der Waals surface area (Å²) < 4.78 is 10.1. The lowest BCUT2D eigenvalue weighted by molar-refractivity contribution is -0.158. The number of esters is 2. The van der Waals surface area contributed by atoms with Crippen LogP contribution in [0.4, 0.5) is 0 Å². The predicted molar refractivity (Wildman–Crippen MR) is 135 cm³/mol. The zero-order valence-electron chi connectivity index (χ0n) is 21.9. The van der Waals surface area contributed by atoms with E-state index in [4.69, 9.17) is 9.47 Å². The fraction of sp³-hybridized carbons (Fsp3) is 0.929. The third kappa shape index (κ3) is 16.6. The fourth-order valence-electron chi connectivity index (χ4n) is 4.62. The zero-order chi connectivity index (χ0) is 23.9. The second-order valence-electron chi connectivity index (χ2n) is 9.49. The molecule has 0 amide bonds. The number of methoxy groups -OCH3 is 2. The van der Waals surface area contributed by atoms with Gasteiger partial charge in [-0.05, 0) is 12.8 Å². The van der Waals surface area contributed by atoms with Gasteiger partial charge in [0.25, 0.3) is 0 Å². The van der Waals surface area contributed by atoms with Crippen LogP contribution in [-0.4, -0.2) is 26.2 Å². The van der Waals surface area contributed by atoms with E-state index in [1.165, 1.54) is 104 Å². The Hall–Kier alpha value is -1.06. The zero-order valence-corrected chi connectivity index (χ0v) is 21.9. The van der Waals surface area contributed by atoms with Crippen LogP contribution in [0.1, 0.15) is 142 Å². The molecule has 4 heteroatoms. The van der Waals surface area contributed by atoms with Crippen molar-refractivity contribution in [3.63, 3.8) is 0 Å². The number of carbonyl (C=O) groups excluding carboxylic acids is 2. The van der Waals surface area contributed by atoms with Crippen LogP contribution in [0.5, 0.6) is 0 Å². The van der Waals surface area contributed by atoms with Gasteiger partial charge in [0.2, 0.25) is 0 Å². The van der Waals surface area contributed by atoms with Gasteiger partial charge in [0.05, 0.1) is 26.1 Å². The van der Waals surface area contributed by atoms with E-state index in [0.717, 1.165) is 38.5 Å². The molecule has 0 heterocycles. The summed E-state index contributed by atoms with van der Waals surface area (Å²) in [5.74, 6) is -1.25. The highest BCUT2D eigenvalue weighted by Crippen LogP contribution is 2.28. The van der Waals surface area contributed by atoms with Crippen LogP contribution >= 0.6 is 0 Å². The SMILES string of the molecule is CCCCCCCCCCCC(C(=O)OC)C(CCCCCCCCCCC)C(=O)OC. The van der Waals surface area contributed by atoms with Gasteiger partial charge in [0, 0.05) is 0 Å². The molecular formula is C28H54O4. The summed E-state index contributed by atoms with van der Waals surface area (Å²) >= 11 is 0. The molecule has 0 N–H and O–H groups in total. The lowest BCUT2D eigenvalue weighted by Gasteiger charge is -2.23. The summed E-state index contributed by atoms with van der Waals surface area (Å²) in [6, 6.07) is 0. The van der Waals surface area contributed by atoms with Crippen LogP contribution < -0.4 is 0 Å². The lowest BCUT2D eigenvalue weighted by Crippen LogP contribution is -2.32. The molecule has 0 aliphatic carbocycles. The highest BCUT2D eigenvalue weighted by atomic mass is 16.5. The lowest BCUT2D eigenvalue weighted by atomic mass is 9.83. The number of rotatable bonds is 23. The van der Waals surface area contributed by atoms with Crippen molar-refractivity contribution < 1.29 is 19.1 Å². The minimum absolute atomic E-state index is 0.254. The third-order valence-corrected chi connectivity index (χ3v) is 6.73. The van der Waals surface area contributed by atoms with Crippen molar-refractivity contribution in [3.8, 4) is 0 Å². The maximum Gasteiger partial charge on any atom is 0.309 e. The predicted octanol–water partition coefficient (Wildman–Crippen LogP) is 8.41. The highest BCUT2D eigenvalue weighted by Gasteiger charge is 2.34. The van der Waals surface area contributed by atoms with Crippen molar-refractivity contribution in [2.45, 2.75) is 142 Å². The van der Waals surface area contributed by atoms with Crippen LogP contribution in [0.15, 0.2) is 0 Å². The van der Waals surface area contributed by atoms with Gasteiger partial charge < -0.3 is 9.47 Å². The minimum atomic E-state index is -0.369. The van der Waals surface area contributed by atoms with Crippen molar-refractivity contribution in [2.75, 3.05) is 14.2 Å². The molecule has 0 spiro atoms. The maximum absolute atomic E-state index is 12.5. The first-order valence-corrected chi connectivity index (χ1v) is 13.8. The normalized spacial score (nSPS) is 13.0. The highest BCUT2D eigenvalue weighted by molar-refractivity contribution is 5.81. The molecule has 0 bridgehead atoms. The molecule has 0 aromatic heterocycles. The van der Waals surface area contributed by atoms with Gasteiger partial charge in [0.15, 0.2) is 0 Å². The molecule has 2 atom stereocenters. The van der Waals surface area contributed by atoms with E-state index < -0.39 is 0 Å². The summed E-state index contributed by atoms with van der Waals surface area (Å²) in [7, 11) is 2.86. The molecule has 0 saturated heterocycles. The van der Waals surface area contributed by atoms with E-state index in [0.29, 0.717) is 0 Å². The first kappa shape index (κ1) is 30.9. The first-order valence-electron chi connectivity index (χ1n) is 13.8. The maximum atomic E-state index is 12.5. The van der Waals surface area contributed by atoms with E-state index in [1.54, 1.807) is 0 Å². The molecule has 0 aliphatic rings. The van der Waals surface area contributed by atoms with Gasteiger partial charge in [0.1, 0.15) is 0 Å². The van der Waals surface area contributed by atoms with Gasteiger partial charge >= 0.3 is 11.9 Å². The molecule has 190 valence electrons. The van der Waals surface area contributed by atoms with E-state index in [-0.39, 0.29) is 23.8 Å². The molecule has 4 nitrogen and oxygen atoms in total. The number of unbranched alkanes of at least 4 members (excludes halogenated alkanes) is 16. The van der Waals surface area contributed by atoms with Crippen LogP contribution in [-0.2, 0) is 19.1 Å². The van der Waals surface area contributed by atoms with E-state index in [9.17, 15) is 9.59 Å². The summed E-state index contributed by atoms with van der Waals surface area (Å²) in [5, 5.41) is 0. The average molecular weight is 455 g/mol. The Morgan fingerprint density at radius 3 is 0.969 bits per heavy atom. The Balaban J connectivity index is 4.32. The van der Waals surface area contributed by atoms with E-state index in [1.807, 2.05) is 0 Å². The van der Waals surface area contributed by atoms with Crippen molar-refractivity contribution in [3.05, 3.63) is 0 Å². The van der Waals surface area contributed by atoms with E-state index in [2.05, 4.69) is 13.8 Å².